The molecule has 1 aromatic carbocycles. The minimum atomic E-state index is -0.800. The second-order valence-electron chi connectivity index (χ2n) is 8.57. The van der Waals surface area contributed by atoms with E-state index in [9.17, 15) is 14.4 Å². The quantitative estimate of drug-likeness (QED) is 0.529. The van der Waals surface area contributed by atoms with Crippen molar-refractivity contribution >= 4 is 17.8 Å². The molecule has 2 N–H and O–H groups in total. The number of rotatable bonds is 7. The molecule has 164 valence electrons. The van der Waals surface area contributed by atoms with Gasteiger partial charge < -0.3 is 15.4 Å². The van der Waals surface area contributed by atoms with Crippen LogP contribution < -0.4 is 15.4 Å². The number of hydrogen-bond acceptors (Lipinski definition) is 4. The van der Waals surface area contributed by atoms with Gasteiger partial charge in [0.1, 0.15) is 17.8 Å². The standard InChI is InChI=1S/C23H33N3O4/c1-16-13-17(2)18(3)19(14-16)30-12-8-11-24-20(27)15-26-21(28)23(25-22(26)29)9-6-4-5-7-10-23/h13-14H,4-12,15H2,1-3H3,(H,24,27)(H,25,29). The zero-order chi connectivity index (χ0) is 21.7. The number of imide groups is 1. The predicted molar refractivity (Wildman–Crippen MR) is 114 cm³/mol. The number of aryl methyl sites for hydroxylation is 2. The van der Waals surface area contributed by atoms with Gasteiger partial charge in [0, 0.05) is 6.54 Å². The summed E-state index contributed by atoms with van der Waals surface area (Å²) in [5, 5.41) is 5.65. The Morgan fingerprint density at radius 2 is 1.83 bits per heavy atom. The molecule has 2 fully saturated rings. The van der Waals surface area contributed by atoms with Crippen LogP contribution >= 0.6 is 0 Å². The topological polar surface area (TPSA) is 87.7 Å². The van der Waals surface area contributed by atoms with Crippen molar-refractivity contribution in [2.24, 2.45) is 0 Å². The molecule has 1 spiro atoms. The zero-order valence-corrected chi connectivity index (χ0v) is 18.3. The van der Waals surface area contributed by atoms with Crippen molar-refractivity contribution < 1.29 is 19.1 Å². The lowest BCUT2D eigenvalue weighted by Crippen LogP contribution is -2.47. The van der Waals surface area contributed by atoms with Crippen molar-refractivity contribution in [1.29, 1.82) is 0 Å². The van der Waals surface area contributed by atoms with Gasteiger partial charge in [-0.3, -0.25) is 14.5 Å². The molecular formula is C23H33N3O4. The van der Waals surface area contributed by atoms with E-state index in [4.69, 9.17) is 4.74 Å². The lowest BCUT2D eigenvalue weighted by Gasteiger charge is -2.24. The van der Waals surface area contributed by atoms with Crippen molar-refractivity contribution in [3.63, 3.8) is 0 Å². The summed E-state index contributed by atoms with van der Waals surface area (Å²) >= 11 is 0. The van der Waals surface area contributed by atoms with Crippen LogP contribution in [0.25, 0.3) is 0 Å². The van der Waals surface area contributed by atoms with Gasteiger partial charge in [-0.2, -0.15) is 0 Å². The number of amides is 4. The number of nitrogens with zero attached hydrogens (tertiary/aromatic N) is 1. The van der Waals surface area contributed by atoms with Crippen LogP contribution in [-0.2, 0) is 9.59 Å². The van der Waals surface area contributed by atoms with Crippen molar-refractivity contribution in [1.82, 2.24) is 15.5 Å². The number of benzene rings is 1. The maximum Gasteiger partial charge on any atom is 0.325 e. The molecule has 1 heterocycles. The third-order valence-electron chi connectivity index (χ3n) is 6.17. The summed E-state index contributed by atoms with van der Waals surface area (Å²) in [7, 11) is 0. The Kier molecular flexibility index (Phi) is 7.00. The van der Waals surface area contributed by atoms with E-state index in [1.165, 1.54) is 5.56 Å². The summed E-state index contributed by atoms with van der Waals surface area (Å²) in [5.74, 6) is 0.289. The molecule has 30 heavy (non-hydrogen) atoms. The third kappa shape index (κ3) is 4.94. The first kappa shape index (κ1) is 22.1. The number of ether oxygens (including phenoxy) is 1. The number of nitrogens with one attached hydrogen (secondary N) is 2. The number of hydrogen-bond donors (Lipinski definition) is 2. The minimum Gasteiger partial charge on any atom is -0.493 e. The molecule has 1 aromatic rings. The summed E-state index contributed by atoms with van der Waals surface area (Å²) in [5.41, 5.74) is 2.67. The Morgan fingerprint density at radius 1 is 1.13 bits per heavy atom. The summed E-state index contributed by atoms with van der Waals surface area (Å²) < 4.78 is 5.85. The van der Waals surface area contributed by atoms with Crippen LogP contribution in [-0.4, -0.2) is 48.0 Å². The van der Waals surface area contributed by atoms with Gasteiger partial charge in [-0.05, 0) is 62.8 Å². The second kappa shape index (κ2) is 9.49. The van der Waals surface area contributed by atoms with E-state index >= 15 is 0 Å². The van der Waals surface area contributed by atoms with Gasteiger partial charge in [-0.15, -0.1) is 0 Å². The first-order valence-electron chi connectivity index (χ1n) is 10.9. The van der Waals surface area contributed by atoms with Crippen LogP contribution in [0.4, 0.5) is 4.79 Å². The number of urea groups is 1. The van der Waals surface area contributed by atoms with E-state index < -0.39 is 11.6 Å². The fraction of sp³-hybridized carbons (Fsp3) is 0.609. The average molecular weight is 416 g/mol. The van der Waals surface area contributed by atoms with Crippen LogP contribution in [0.5, 0.6) is 5.75 Å². The van der Waals surface area contributed by atoms with Gasteiger partial charge >= 0.3 is 6.03 Å². The highest BCUT2D eigenvalue weighted by Gasteiger charge is 2.51. The van der Waals surface area contributed by atoms with E-state index in [0.717, 1.165) is 47.5 Å². The third-order valence-corrected chi connectivity index (χ3v) is 6.17. The number of carbonyl (C=O) groups excluding carboxylic acids is 3. The Hall–Kier alpha value is -2.57. The molecule has 3 rings (SSSR count). The molecule has 1 aliphatic carbocycles. The molecule has 2 aliphatic rings. The molecular weight excluding hydrogens is 382 g/mol. The van der Waals surface area contributed by atoms with Crippen molar-refractivity contribution in [2.75, 3.05) is 19.7 Å². The highest BCUT2D eigenvalue weighted by atomic mass is 16.5. The van der Waals surface area contributed by atoms with E-state index in [1.807, 2.05) is 19.9 Å². The van der Waals surface area contributed by atoms with Gasteiger partial charge in [0.2, 0.25) is 5.91 Å². The maximum atomic E-state index is 12.8. The van der Waals surface area contributed by atoms with Crippen molar-refractivity contribution in [3.05, 3.63) is 28.8 Å². The van der Waals surface area contributed by atoms with Gasteiger partial charge in [0.25, 0.3) is 5.91 Å². The monoisotopic (exact) mass is 415 g/mol. The van der Waals surface area contributed by atoms with Crippen molar-refractivity contribution in [3.8, 4) is 5.75 Å². The smallest absolute Gasteiger partial charge is 0.325 e. The molecule has 0 aromatic heterocycles. The molecule has 0 atom stereocenters. The molecule has 0 radical (unpaired) electrons. The molecule has 1 saturated carbocycles. The summed E-state index contributed by atoms with van der Waals surface area (Å²) in [6.45, 7) is 6.81. The summed E-state index contributed by atoms with van der Waals surface area (Å²) in [6, 6.07) is 3.69. The second-order valence-corrected chi connectivity index (χ2v) is 8.57. The molecule has 7 nitrogen and oxygen atoms in total. The normalized spacial score (nSPS) is 18.3. The van der Waals surface area contributed by atoms with E-state index in [2.05, 4.69) is 23.6 Å². The lowest BCUT2D eigenvalue weighted by molar-refractivity contribution is -0.135. The Labute approximate surface area is 178 Å². The molecule has 1 saturated heterocycles. The van der Waals surface area contributed by atoms with Crippen molar-refractivity contribution in [2.45, 2.75) is 71.3 Å². The van der Waals surface area contributed by atoms with E-state index in [0.29, 0.717) is 32.4 Å². The average Bonchev–Trinajstić information content (AvgIpc) is 2.85. The van der Waals surface area contributed by atoms with Crippen LogP contribution in [0.3, 0.4) is 0 Å². The zero-order valence-electron chi connectivity index (χ0n) is 18.3. The highest BCUT2D eigenvalue weighted by Crippen LogP contribution is 2.32. The predicted octanol–water partition coefficient (Wildman–Crippen LogP) is 3.14. The van der Waals surface area contributed by atoms with E-state index in [-0.39, 0.29) is 18.4 Å². The Bertz CT molecular complexity index is 813. The summed E-state index contributed by atoms with van der Waals surface area (Å²) in [6.07, 6.45) is 5.96. The van der Waals surface area contributed by atoms with Gasteiger partial charge in [0.15, 0.2) is 0 Å². The van der Waals surface area contributed by atoms with Crippen LogP contribution in [0.2, 0.25) is 0 Å². The minimum absolute atomic E-state index is 0.233. The highest BCUT2D eigenvalue weighted by molar-refractivity contribution is 6.09. The molecule has 0 bridgehead atoms. The van der Waals surface area contributed by atoms with Gasteiger partial charge in [-0.1, -0.05) is 31.7 Å². The molecule has 4 amide bonds. The van der Waals surface area contributed by atoms with E-state index in [1.54, 1.807) is 0 Å². The molecule has 0 unspecified atom stereocenters. The fourth-order valence-corrected chi connectivity index (χ4v) is 4.32. The lowest BCUT2D eigenvalue weighted by atomic mass is 9.90. The Morgan fingerprint density at radius 3 is 2.53 bits per heavy atom. The first-order chi connectivity index (χ1) is 14.3. The molecule has 1 aliphatic heterocycles. The largest absolute Gasteiger partial charge is 0.493 e. The number of carbonyl (C=O) groups is 3. The van der Waals surface area contributed by atoms with Crippen LogP contribution in [0, 0.1) is 20.8 Å². The van der Waals surface area contributed by atoms with Crippen LogP contribution in [0.1, 0.15) is 61.6 Å². The van der Waals surface area contributed by atoms with Crippen LogP contribution in [0.15, 0.2) is 12.1 Å². The summed E-state index contributed by atoms with van der Waals surface area (Å²) in [4.78, 5) is 38.5. The Balaban J connectivity index is 1.43. The SMILES string of the molecule is Cc1cc(C)c(C)c(OCCCNC(=O)CN2C(=O)NC3(CCCCCC3)C2=O)c1. The molecule has 7 heteroatoms. The fourth-order valence-electron chi connectivity index (χ4n) is 4.32. The van der Waals surface area contributed by atoms with Gasteiger partial charge in [-0.25, -0.2) is 4.79 Å². The van der Waals surface area contributed by atoms with Gasteiger partial charge in [0.05, 0.1) is 6.61 Å². The maximum absolute atomic E-state index is 12.8. The first-order valence-corrected chi connectivity index (χ1v) is 10.9.